The van der Waals surface area contributed by atoms with Crippen LogP contribution in [0, 0.1) is 5.92 Å². The van der Waals surface area contributed by atoms with Crippen LogP contribution in [-0.2, 0) is 6.54 Å². The molecule has 108 valence electrons. The second-order valence-electron chi connectivity index (χ2n) is 6.17. The van der Waals surface area contributed by atoms with Crippen molar-refractivity contribution in [1.82, 2.24) is 14.8 Å². The van der Waals surface area contributed by atoms with Gasteiger partial charge in [-0.2, -0.15) is 0 Å². The summed E-state index contributed by atoms with van der Waals surface area (Å²) in [6.45, 7) is 7.19. The van der Waals surface area contributed by atoms with Crippen molar-refractivity contribution in [2.45, 2.75) is 32.7 Å². The topological polar surface area (TPSA) is 36.4 Å². The molecule has 0 unspecified atom stereocenters. The first-order chi connectivity index (χ1) is 9.72. The van der Waals surface area contributed by atoms with Crippen molar-refractivity contribution in [2.24, 2.45) is 5.92 Å². The van der Waals surface area contributed by atoms with Gasteiger partial charge in [-0.3, -0.25) is 9.69 Å². The molecule has 3 heterocycles. The van der Waals surface area contributed by atoms with Gasteiger partial charge < -0.3 is 4.90 Å². The fraction of sp³-hybridized carbons (Fsp3) is 0.625. The summed E-state index contributed by atoms with van der Waals surface area (Å²) in [6.07, 6.45) is 3.48. The van der Waals surface area contributed by atoms with Gasteiger partial charge in [-0.1, -0.05) is 13.0 Å². The molecule has 0 N–H and O–H groups in total. The fourth-order valence-electron chi connectivity index (χ4n) is 3.13. The zero-order valence-electron chi connectivity index (χ0n) is 12.2. The van der Waals surface area contributed by atoms with E-state index in [1.54, 1.807) is 0 Å². The van der Waals surface area contributed by atoms with Crippen molar-refractivity contribution in [3.63, 3.8) is 0 Å². The summed E-state index contributed by atoms with van der Waals surface area (Å²) in [5.41, 5.74) is 1.62. The average Bonchev–Trinajstić information content (AvgIpc) is 2.46. The summed E-state index contributed by atoms with van der Waals surface area (Å²) in [4.78, 5) is 21.3. The third kappa shape index (κ3) is 3.01. The Labute approximate surface area is 120 Å². The highest BCUT2D eigenvalue weighted by Crippen LogP contribution is 2.17. The molecule has 1 amide bonds. The highest BCUT2D eigenvalue weighted by Gasteiger charge is 2.23. The Morgan fingerprint density at radius 3 is 2.70 bits per heavy atom. The van der Waals surface area contributed by atoms with Crippen molar-refractivity contribution in [3.05, 3.63) is 29.6 Å². The second kappa shape index (κ2) is 5.92. The largest absolute Gasteiger partial charge is 0.337 e. The lowest BCUT2D eigenvalue weighted by atomic mass is 10.0. The van der Waals surface area contributed by atoms with Gasteiger partial charge in [0.15, 0.2) is 0 Å². The molecule has 2 saturated heterocycles. The minimum atomic E-state index is 0.100. The highest BCUT2D eigenvalue weighted by molar-refractivity contribution is 5.92. The number of likely N-dealkylation sites (tertiary alicyclic amines) is 2. The molecule has 4 heteroatoms. The molecule has 0 aromatic carbocycles. The monoisotopic (exact) mass is 273 g/mol. The van der Waals surface area contributed by atoms with E-state index in [1.807, 2.05) is 23.1 Å². The van der Waals surface area contributed by atoms with Gasteiger partial charge in [0.25, 0.3) is 5.91 Å². The van der Waals surface area contributed by atoms with E-state index in [9.17, 15) is 4.79 Å². The molecule has 0 aliphatic carbocycles. The number of amides is 1. The van der Waals surface area contributed by atoms with Crippen LogP contribution in [0.5, 0.6) is 0 Å². The van der Waals surface area contributed by atoms with Crippen molar-refractivity contribution >= 4 is 5.91 Å². The highest BCUT2D eigenvalue weighted by atomic mass is 16.2. The summed E-state index contributed by atoms with van der Waals surface area (Å²) < 4.78 is 0. The normalized spacial score (nSPS) is 20.8. The molecule has 0 atom stereocenters. The lowest BCUT2D eigenvalue weighted by molar-refractivity contribution is 0.0716. The zero-order chi connectivity index (χ0) is 13.9. The second-order valence-corrected chi connectivity index (χ2v) is 6.17. The van der Waals surface area contributed by atoms with Crippen molar-refractivity contribution in [3.8, 4) is 0 Å². The Balaban J connectivity index is 1.65. The molecule has 3 rings (SSSR count). The van der Waals surface area contributed by atoms with Crippen molar-refractivity contribution in [2.75, 3.05) is 26.2 Å². The number of aromatic nitrogens is 1. The summed E-state index contributed by atoms with van der Waals surface area (Å²) >= 11 is 0. The van der Waals surface area contributed by atoms with E-state index < -0.39 is 0 Å². The minimum Gasteiger partial charge on any atom is -0.337 e. The lowest BCUT2D eigenvalue weighted by Gasteiger charge is -2.36. The number of rotatable bonds is 3. The third-order valence-electron chi connectivity index (χ3n) is 4.19. The van der Waals surface area contributed by atoms with E-state index >= 15 is 0 Å². The van der Waals surface area contributed by atoms with Crippen LogP contribution >= 0.6 is 0 Å². The van der Waals surface area contributed by atoms with Crippen LogP contribution in [0.3, 0.4) is 0 Å². The van der Waals surface area contributed by atoms with Gasteiger partial charge in [0.2, 0.25) is 0 Å². The van der Waals surface area contributed by atoms with E-state index in [1.165, 1.54) is 6.42 Å². The first-order valence-electron chi connectivity index (χ1n) is 7.70. The predicted octanol–water partition coefficient (Wildman–Crippen LogP) is 2.16. The van der Waals surface area contributed by atoms with Gasteiger partial charge >= 0.3 is 0 Å². The summed E-state index contributed by atoms with van der Waals surface area (Å²) in [7, 11) is 0. The van der Waals surface area contributed by atoms with Gasteiger partial charge in [0.05, 0.1) is 5.69 Å². The molecule has 1 aromatic rings. The Bertz CT molecular complexity index is 476. The van der Waals surface area contributed by atoms with E-state index in [2.05, 4.69) is 16.8 Å². The minimum absolute atomic E-state index is 0.100. The zero-order valence-corrected chi connectivity index (χ0v) is 12.2. The molecule has 1 aromatic heterocycles. The van der Waals surface area contributed by atoms with E-state index in [-0.39, 0.29) is 5.91 Å². The van der Waals surface area contributed by atoms with Gasteiger partial charge in [0.1, 0.15) is 5.69 Å². The Hall–Kier alpha value is -1.42. The van der Waals surface area contributed by atoms with Gasteiger partial charge in [-0.15, -0.1) is 0 Å². The van der Waals surface area contributed by atoms with Crippen LogP contribution in [0.25, 0.3) is 0 Å². The molecule has 0 bridgehead atoms. The first kappa shape index (κ1) is 13.6. The van der Waals surface area contributed by atoms with Crippen molar-refractivity contribution < 1.29 is 4.79 Å². The number of hydrogen-bond donors (Lipinski definition) is 0. The average molecular weight is 273 g/mol. The number of carbonyl (C=O) groups excluding carboxylic acids is 1. The van der Waals surface area contributed by atoms with E-state index in [0.29, 0.717) is 5.69 Å². The van der Waals surface area contributed by atoms with Crippen LogP contribution in [0.4, 0.5) is 0 Å². The van der Waals surface area contributed by atoms with Crippen LogP contribution in [0.2, 0.25) is 0 Å². The Morgan fingerprint density at radius 1 is 1.25 bits per heavy atom. The molecule has 2 aliphatic rings. The maximum absolute atomic E-state index is 12.4. The van der Waals surface area contributed by atoms with Crippen LogP contribution < -0.4 is 0 Å². The molecule has 20 heavy (non-hydrogen) atoms. The third-order valence-corrected chi connectivity index (χ3v) is 4.19. The lowest BCUT2D eigenvalue weighted by Crippen LogP contribution is -2.44. The van der Waals surface area contributed by atoms with Crippen LogP contribution in [0.15, 0.2) is 18.2 Å². The number of nitrogens with zero attached hydrogens (tertiary/aromatic N) is 3. The summed E-state index contributed by atoms with van der Waals surface area (Å²) in [6, 6.07) is 5.83. The van der Waals surface area contributed by atoms with Gasteiger partial charge in [-0.05, 0) is 37.3 Å². The Morgan fingerprint density at radius 2 is 2.00 bits per heavy atom. The maximum atomic E-state index is 12.4. The number of pyridine rings is 1. The Kier molecular flexibility index (Phi) is 4.01. The van der Waals surface area contributed by atoms with Crippen LogP contribution in [-0.4, -0.2) is 46.9 Å². The first-order valence-corrected chi connectivity index (χ1v) is 7.70. The standard InChI is InChI=1S/C16H23N3O/c1-13-10-18(11-13)12-14-6-5-7-15(17-14)16(20)19-8-3-2-4-9-19/h5-7,13H,2-4,8-12H2,1H3. The van der Waals surface area contributed by atoms with Gasteiger partial charge in [0, 0.05) is 32.7 Å². The number of piperidine rings is 1. The molecular formula is C16H23N3O. The SMILES string of the molecule is CC1CN(Cc2cccc(C(=O)N3CCCCC3)n2)C1. The smallest absolute Gasteiger partial charge is 0.272 e. The fourth-order valence-corrected chi connectivity index (χ4v) is 3.13. The number of carbonyl (C=O) groups is 1. The predicted molar refractivity (Wildman–Crippen MR) is 78.4 cm³/mol. The molecule has 4 nitrogen and oxygen atoms in total. The molecule has 0 radical (unpaired) electrons. The molecule has 0 saturated carbocycles. The van der Waals surface area contributed by atoms with E-state index in [4.69, 9.17) is 0 Å². The van der Waals surface area contributed by atoms with Crippen molar-refractivity contribution in [1.29, 1.82) is 0 Å². The molecular weight excluding hydrogens is 250 g/mol. The number of hydrogen-bond acceptors (Lipinski definition) is 3. The quantitative estimate of drug-likeness (QED) is 0.847. The maximum Gasteiger partial charge on any atom is 0.272 e. The van der Waals surface area contributed by atoms with Crippen LogP contribution in [0.1, 0.15) is 42.4 Å². The summed E-state index contributed by atoms with van der Waals surface area (Å²) in [5.74, 6) is 0.900. The van der Waals surface area contributed by atoms with Gasteiger partial charge in [-0.25, -0.2) is 4.98 Å². The molecule has 0 spiro atoms. The molecule has 2 fully saturated rings. The molecule has 2 aliphatic heterocycles. The summed E-state index contributed by atoms with van der Waals surface area (Å²) in [5, 5.41) is 0. The van der Waals surface area contributed by atoms with E-state index in [0.717, 1.165) is 57.2 Å².